The maximum absolute atomic E-state index is 14.6. The normalized spacial score (nSPS) is 10.5. The van der Waals surface area contributed by atoms with Gasteiger partial charge in [0.1, 0.15) is 0 Å². The zero-order chi connectivity index (χ0) is 19.1. The van der Waals surface area contributed by atoms with Gasteiger partial charge in [-0.15, -0.1) is 23.7 Å². The molecule has 0 saturated heterocycles. The zero-order valence-corrected chi connectivity index (χ0v) is 15.5. The Bertz CT molecular complexity index is 978. The van der Waals surface area contributed by atoms with Gasteiger partial charge >= 0.3 is 0 Å². The van der Waals surface area contributed by atoms with Crippen molar-refractivity contribution in [1.29, 1.82) is 0 Å². The van der Waals surface area contributed by atoms with Crippen LogP contribution < -0.4 is 10.1 Å². The number of hydrogen-bond donors (Lipinski definition) is 1. The van der Waals surface area contributed by atoms with Crippen LogP contribution >= 0.6 is 11.3 Å². The van der Waals surface area contributed by atoms with Crippen molar-refractivity contribution in [3.8, 4) is 18.1 Å². The Labute approximate surface area is 161 Å². The smallest absolute Gasteiger partial charge is 0.228 e. The third-order valence-corrected chi connectivity index (χ3v) is 4.77. The third kappa shape index (κ3) is 5.05. The molecule has 1 heterocycles. The summed E-state index contributed by atoms with van der Waals surface area (Å²) in [5.41, 5.74) is 3.60. The molecular weight excluding hydrogens is 363 g/mol. The van der Waals surface area contributed by atoms with Gasteiger partial charge < -0.3 is 10.1 Å². The first-order valence-electron chi connectivity index (χ1n) is 8.64. The fourth-order valence-corrected chi connectivity index (χ4v) is 3.34. The molecule has 0 unspecified atom stereocenters. The van der Waals surface area contributed by atoms with E-state index in [0.29, 0.717) is 24.3 Å². The minimum absolute atomic E-state index is 0.0686. The molecule has 0 bridgehead atoms. The summed E-state index contributed by atoms with van der Waals surface area (Å²) in [5.74, 6) is 1.93. The zero-order valence-electron chi connectivity index (χ0n) is 14.7. The van der Waals surface area contributed by atoms with Gasteiger partial charge in [-0.05, 0) is 37.1 Å². The van der Waals surface area contributed by atoms with E-state index in [0.717, 1.165) is 23.1 Å². The van der Waals surface area contributed by atoms with Gasteiger partial charge in [0.2, 0.25) is 5.91 Å². The average Bonchev–Trinajstić information content (AvgIpc) is 3.12. The van der Waals surface area contributed by atoms with Crippen LogP contribution in [0, 0.1) is 18.2 Å². The molecule has 0 radical (unpaired) electrons. The molecule has 0 fully saturated rings. The SMILES string of the molecule is C#CCCCCOc1cccc(CC(=O)Nc2ccc3ncsc3c2)c1F. The van der Waals surface area contributed by atoms with Crippen molar-refractivity contribution in [3.05, 3.63) is 53.3 Å². The number of amides is 1. The van der Waals surface area contributed by atoms with Crippen molar-refractivity contribution < 1.29 is 13.9 Å². The lowest BCUT2D eigenvalue weighted by Gasteiger charge is -2.10. The van der Waals surface area contributed by atoms with E-state index < -0.39 is 5.82 Å². The summed E-state index contributed by atoms with van der Waals surface area (Å²) in [6.45, 7) is 0.392. The van der Waals surface area contributed by atoms with Gasteiger partial charge in [-0.2, -0.15) is 0 Å². The number of fused-ring (bicyclic) bond motifs is 1. The van der Waals surface area contributed by atoms with Gasteiger partial charge in [0.15, 0.2) is 11.6 Å². The molecule has 2 aromatic carbocycles. The quantitative estimate of drug-likeness (QED) is 0.450. The van der Waals surface area contributed by atoms with E-state index in [9.17, 15) is 9.18 Å². The molecule has 3 aromatic rings. The van der Waals surface area contributed by atoms with Gasteiger partial charge in [-0.3, -0.25) is 4.79 Å². The summed E-state index contributed by atoms with van der Waals surface area (Å²) in [5, 5.41) is 2.80. The number of hydrogen-bond acceptors (Lipinski definition) is 4. The summed E-state index contributed by atoms with van der Waals surface area (Å²) in [4.78, 5) is 16.5. The van der Waals surface area contributed by atoms with E-state index in [1.54, 1.807) is 29.8 Å². The van der Waals surface area contributed by atoms with Crippen LogP contribution in [0.1, 0.15) is 24.8 Å². The highest BCUT2D eigenvalue weighted by molar-refractivity contribution is 7.16. The van der Waals surface area contributed by atoms with Gasteiger partial charge in [-0.25, -0.2) is 9.37 Å². The molecular formula is C21H19FN2O2S. The number of nitrogens with zero attached hydrogens (tertiary/aromatic N) is 1. The predicted octanol–water partition coefficient (Wildman–Crippen LogP) is 4.80. The summed E-state index contributed by atoms with van der Waals surface area (Å²) >= 11 is 1.50. The van der Waals surface area contributed by atoms with E-state index in [4.69, 9.17) is 11.2 Å². The largest absolute Gasteiger partial charge is 0.491 e. The third-order valence-electron chi connectivity index (χ3n) is 3.98. The number of thiazole rings is 1. The van der Waals surface area contributed by atoms with E-state index in [1.165, 1.54) is 11.3 Å². The van der Waals surface area contributed by atoms with Crippen molar-refractivity contribution in [2.24, 2.45) is 0 Å². The molecule has 0 spiro atoms. The molecule has 0 saturated carbocycles. The minimum Gasteiger partial charge on any atom is -0.491 e. The molecule has 0 aliphatic rings. The molecule has 3 rings (SSSR count). The number of ether oxygens (including phenoxy) is 1. The van der Waals surface area contributed by atoms with Crippen LogP contribution in [0.5, 0.6) is 5.75 Å². The Morgan fingerprint density at radius 2 is 2.19 bits per heavy atom. The Morgan fingerprint density at radius 3 is 3.04 bits per heavy atom. The molecule has 1 aromatic heterocycles. The number of carbonyl (C=O) groups is 1. The Morgan fingerprint density at radius 1 is 1.30 bits per heavy atom. The Balaban J connectivity index is 1.60. The molecule has 0 atom stereocenters. The molecule has 27 heavy (non-hydrogen) atoms. The molecule has 0 aliphatic carbocycles. The first-order valence-corrected chi connectivity index (χ1v) is 9.52. The maximum Gasteiger partial charge on any atom is 0.228 e. The molecule has 1 N–H and O–H groups in total. The summed E-state index contributed by atoms with van der Waals surface area (Å²) in [6.07, 6.45) is 7.41. The summed E-state index contributed by atoms with van der Waals surface area (Å²) < 4.78 is 21.0. The number of benzene rings is 2. The van der Waals surface area contributed by atoms with Crippen LogP contribution in [0.25, 0.3) is 10.2 Å². The summed E-state index contributed by atoms with van der Waals surface area (Å²) in [6, 6.07) is 10.3. The molecule has 1 amide bonds. The number of unbranched alkanes of at least 4 members (excludes halogenated alkanes) is 2. The molecule has 0 aliphatic heterocycles. The monoisotopic (exact) mass is 382 g/mol. The lowest BCUT2D eigenvalue weighted by atomic mass is 10.1. The number of nitrogens with one attached hydrogen (secondary N) is 1. The fourth-order valence-electron chi connectivity index (χ4n) is 2.63. The van der Waals surface area contributed by atoms with Crippen LogP contribution in [-0.2, 0) is 11.2 Å². The Hall–Kier alpha value is -2.91. The predicted molar refractivity (Wildman–Crippen MR) is 107 cm³/mol. The second-order valence-corrected chi connectivity index (χ2v) is 6.89. The maximum atomic E-state index is 14.6. The van der Waals surface area contributed by atoms with Crippen LogP contribution in [-0.4, -0.2) is 17.5 Å². The van der Waals surface area contributed by atoms with Gasteiger partial charge in [0.25, 0.3) is 0 Å². The average molecular weight is 382 g/mol. The van der Waals surface area contributed by atoms with Crippen LogP contribution in [0.4, 0.5) is 10.1 Å². The van der Waals surface area contributed by atoms with Gasteiger partial charge in [-0.1, -0.05) is 12.1 Å². The van der Waals surface area contributed by atoms with Gasteiger partial charge in [0, 0.05) is 17.7 Å². The number of anilines is 1. The number of carbonyl (C=O) groups excluding carboxylic acids is 1. The number of rotatable bonds is 8. The van der Waals surface area contributed by atoms with Crippen molar-refractivity contribution >= 4 is 33.1 Å². The number of aromatic nitrogens is 1. The van der Waals surface area contributed by atoms with E-state index in [1.807, 2.05) is 12.1 Å². The topological polar surface area (TPSA) is 51.2 Å². The molecule has 4 nitrogen and oxygen atoms in total. The van der Waals surface area contributed by atoms with E-state index >= 15 is 0 Å². The van der Waals surface area contributed by atoms with Crippen LogP contribution in [0.2, 0.25) is 0 Å². The second kappa shape index (κ2) is 9.15. The van der Waals surface area contributed by atoms with Crippen molar-refractivity contribution in [2.75, 3.05) is 11.9 Å². The van der Waals surface area contributed by atoms with E-state index in [2.05, 4.69) is 16.2 Å². The highest BCUT2D eigenvalue weighted by Crippen LogP contribution is 2.23. The lowest BCUT2D eigenvalue weighted by Crippen LogP contribution is -2.15. The first kappa shape index (κ1) is 18.9. The number of halogens is 1. The summed E-state index contributed by atoms with van der Waals surface area (Å²) in [7, 11) is 0. The minimum atomic E-state index is -0.498. The van der Waals surface area contributed by atoms with Crippen molar-refractivity contribution in [2.45, 2.75) is 25.7 Å². The lowest BCUT2D eigenvalue weighted by molar-refractivity contribution is -0.115. The van der Waals surface area contributed by atoms with E-state index in [-0.39, 0.29) is 18.1 Å². The number of terminal acetylenes is 1. The second-order valence-electron chi connectivity index (χ2n) is 6.00. The highest BCUT2D eigenvalue weighted by Gasteiger charge is 2.13. The van der Waals surface area contributed by atoms with Crippen LogP contribution in [0.3, 0.4) is 0 Å². The molecule has 6 heteroatoms. The van der Waals surface area contributed by atoms with Crippen LogP contribution in [0.15, 0.2) is 41.9 Å². The standard InChI is InChI=1S/C21H19FN2O2S/c1-2-3-4-5-11-26-18-8-6-7-15(21(18)22)12-20(25)24-16-9-10-17-19(13-16)27-14-23-17/h1,6-10,13-14H,3-5,11-12H2,(H,24,25). The van der Waals surface area contributed by atoms with Gasteiger partial charge in [0.05, 0.1) is 28.8 Å². The fraction of sp³-hybridized carbons (Fsp3) is 0.238. The Kier molecular flexibility index (Phi) is 6.39. The molecule has 138 valence electrons. The van der Waals surface area contributed by atoms with Crippen molar-refractivity contribution in [1.82, 2.24) is 4.98 Å². The first-order chi connectivity index (χ1) is 13.2. The van der Waals surface area contributed by atoms with Crippen molar-refractivity contribution in [3.63, 3.8) is 0 Å². The highest BCUT2D eigenvalue weighted by atomic mass is 32.1.